The third-order valence-electron chi connectivity index (χ3n) is 8.14. The van der Waals surface area contributed by atoms with Crippen molar-refractivity contribution in [2.75, 3.05) is 31.2 Å². The van der Waals surface area contributed by atoms with Crippen LogP contribution in [0.1, 0.15) is 30.4 Å². The molecule has 5 rings (SSSR count). The molecule has 0 N–H and O–H groups in total. The molecule has 1 unspecified atom stereocenters. The molecule has 0 saturated carbocycles. The molecule has 1 atom stereocenters. The predicted molar refractivity (Wildman–Crippen MR) is 144 cm³/mol. The molecule has 1 fully saturated rings. The van der Waals surface area contributed by atoms with Crippen LogP contribution in [0.3, 0.4) is 0 Å². The topological polar surface area (TPSA) is 72.9 Å². The van der Waals surface area contributed by atoms with Gasteiger partial charge in [-0.1, -0.05) is 60.7 Å². The van der Waals surface area contributed by atoms with Crippen molar-refractivity contribution < 1.29 is 22.7 Å². The zero-order valence-corrected chi connectivity index (χ0v) is 23.6. The van der Waals surface area contributed by atoms with E-state index in [1.54, 1.807) is 24.3 Å². The summed E-state index contributed by atoms with van der Waals surface area (Å²) in [5, 5.41) is 1.38. The van der Waals surface area contributed by atoms with E-state index in [-0.39, 0.29) is 22.8 Å². The Hall–Kier alpha value is -2.42. The standard InChI is InChI=1S/C28H35NO5SSi/c1-20-10-12-21(13-11-20)35(31,32)29-19-28(26(30)33-2)18-27(14-16-34-17-15-27)25(36(3,4)5)24(28)22-8-6-7-9-23(22)29/h6-13H,14-19H2,1-5H3. The number of methoxy groups -OCH3 is 1. The maximum Gasteiger partial charge on any atom is 0.318 e. The number of ether oxygens (including phenoxy) is 2. The number of benzene rings is 2. The Morgan fingerprint density at radius 1 is 1.03 bits per heavy atom. The predicted octanol–water partition coefficient (Wildman–Crippen LogP) is 5.19. The van der Waals surface area contributed by atoms with E-state index < -0.39 is 23.5 Å². The van der Waals surface area contributed by atoms with Gasteiger partial charge in [0.05, 0.1) is 32.3 Å². The van der Waals surface area contributed by atoms with Gasteiger partial charge in [-0.3, -0.25) is 9.10 Å². The molecule has 0 aromatic heterocycles. The van der Waals surface area contributed by atoms with Gasteiger partial charge >= 0.3 is 5.97 Å². The average Bonchev–Trinajstić information content (AvgIpc) is 3.14. The number of sulfonamides is 1. The Balaban J connectivity index is 1.81. The summed E-state index contributed by atoms with van der Waals surface area (Å²) in [6.45, 7) is 10.3. The third kappa shape index (κ3) is 3.68. The van der Waals surface area contributed by atoms with Crippen molar-refractivity contribution in [2.45, 2.75) is 50.7 Å². The first-order valence-electron chi connectivity index (χ1n) is 12.6. The molecule has 6 nitrogen and oxygen atoms in total. The number of carbonyl (C=O) groups excluding carboxylic acids is 1. The number of allylic oxidation sites excluding steroid dienone is 1. The first-order chi connectivity index (χ1) is 17.0. The Labute approximate surface area is 215 Å². The Bertz CT molecular complexity index is 1340. The lowest BCUT2D eigenvalue weighted by molar-refractivity contribution is -0.150. The van der Waals surface area contributed by atoms with E-state index in [1.165, 1.54) is 16.6 Å². The van der Waals surface area contributed by atoms with Crippen LogP contribution in [-0.2, 0) is 24.3 Å². The highest BCUT2D eigenvalue weighted by Gasteiger charge is 2.63. The van der Waals surface area contributed by atoms with Crippen molar-refractivity contribution >= 4 is 35.3 Å². The van der Waals surface area contributed by atoms with Crippen LogP contribution < -0.4 is 4.31 Å². The summed E-state index contributed by atoms with van der Waals surface area (Å²) < 4.78 is 40.9. The molecule has 0 radical (unpaired) electrons. The maximum atomic E-state index is 14.1. The summed E-state index contributed by atoms with van der Waals surface area (Å²) in [5.41, 5.74) is 2.22. The summed E-state index contributed by atoms with van der Waals surface area (Å²) in [5.74, 6) is -0.352. The number of para-hydroxylation sites is 1. The average molecular weight is 526 g/mol. The molecule has 1 aliphatic carbocycles. The second-order valence-electron chi connectivity index (χ2n) is 11.5. The van der Waals surface area contributed by atoms with Crippen molar-refractivity contribution in [3.8, 4) is 0 Å². The molecule has 2 aliphatic heterocycles. The highest BCUT2D eigenvalue weighted by molar-refractivity contribution is 7.92. The highest BCUT2D eigenvalue weighted by Crippen LogP contribution is 2.66. The number of esters is 1. The second-order valence-corrected chi connectivity index (χ2v) is 18.3. The zero-order valence-electron chi connectivity index (χ0n) is 21.8. The molecule has 2 aromatic carbocycles. The lowest BCUT2D eigenvalue weighted by Crippen LogP contribution is -2.50. The van der Waals surface area contributed by atoms with Crippen LogP contribution >= 0.6 is 0 Å². The Kier molecular flexibility index (Phi) is 6.01. The van der Waals surface area contributed by atoms with Crippen molar-refractivity contribution in [2.24, 2.45) is 10.8 Å². The van der Waals surface area contributed by atoms with Crippen LogP contribution in [0.4, 0.5) is 5.69 Å². The summed E-state index contributed by atoms with van der Waals surface area (Å²) in [7, 11) is -4.46. The van der Waals surface area contributed by atoms with Gasteiger partial charge in [0.25, 0.3) is 10.0 Å². The van der Waals surface area contributed by atoms with E-state index in [0.717, 1.165) is 29.5 Å². The lowest BCUT2D eigenvalue weighted by atomic mass is 9.70. The summed E-state index contributed by atoms with van der Waals surface area (Å²) in [6.07, 6.45) is 2.22. The van der Waals surface area contributed by atoms with Crippen LogP contribution in [0.2, 0.25) is 19.6 Å². The Morgan fingerprint density at radius 3 is 2.28 bits per heavy atom. The molecule has 1 saturated heterocycles. The van der Waals surface area contributed by atoms with Crippen molar-refractivity contribution in [1.82, 2.24) is 0 Å². The van der Waals surface area contributed by atoms with Crippen molar-refractivity contribution in [3.63, 3.8) is 0 Å². The molecule has 0 amide bonds. The number of rotatable bonds is 4. The monoisotopic (exact) mass is 525 g/mol. The second kappa shape index (κ2) is 8.57. The Morgan fingerprint density at radius 2 is 1.67 bits per heavy atom. The van der Waals surface area contributed by atoms with Crippen molar-refractivity contribution in [1.29, 1.82) is 0 Å². The molecule has 36 heavy (non-hydrogen) atoms. The minimum Gasteiger partial charge on any atom is -0.468 e. The van der Waals surface area contributed by atoms with Gasteiger partial charge in [-0.25, -0.2) is 8.42 Å². The minimum absolute atomic E-state index is 0.0405. The van der Waals surface area contributed by atoms with E-state index in [9.17, 15) is 13.2 Å². The van der Waals surface area contributed by atoms with Gasteiger partial charge in [0.1, 0.15) is 5.41 Å². The fourth-order valence-electron chi connectivity index (χ4n) is 6.86. The van der Waals surface area contributed by atoms with E-state index >= 15 is 0 Å². The van der Waals surface area contributed by atoms with Gasteiger partial charge in [-0.2, -0.15) is 0 Å². The van der Waals surface area contributed by atoms with Crippen molar-refractivity contribution in [3.05, 3.63) is 64.9 Å². The molecule has 0 bridgehead atoms. The van der Waals surface area contributed by atoms with Crippen LogP contribution in [-0.4, -0.2) is 49.3 Å². The summed E-state index contributed by atoms with van der Waals surface area (Å²) in [6, 6.07) is 14.6. The van der Waals surface area contributed by atoms with Gasteiger partial charge in [0.15, 0.2) is 0 Å². The first kappa shape index (κ1) is 25.2. The number of aryl methyl sites for hydroxylation is 1. The first-order valence-corrected chi connectivity index (χ1v) is 17.5. The molecular formula is C28H35NO5SSi. The van der Waals surface area contributed by atoms with Gasteiger partial charge in [-0.15, -0.1) is 0 Å². The lowest BCUT2D eigenvalue weighted by Gasteiger charge is -2.43. The fraction of sp³-hybridized carbons (Fsp3) is 0.464. The fourth-order valence-corrected chi connectivity index (χ4v) is 11.5. The molecule has 1 spiro atoms. The molecule has 2 aromatic rings. The van der Waals surface area contributed by atoms with Crippen LogP contribution in [0.25, 0.3) is 5.57 Å². The number of nitrogens with zero attached hydrogens (tertiary/aromatic N) is 1. The molecule has 8 heteroatoms. The van der Waals surface area contributed by atoms with Crippen LogP contribution in [0.15, 0.2) is 58.6 Å². The van der Waals surface area contributed by atoms with E-state index in [1.807, 2.05) is 31.2 Å². The number of carbonyl (C=O) groups is 1. The van der Waals surface area contributed by atoms with Gasteiger partial charge in [0.2, 0.25) is 0 Å². The highest BCUT2D eigenvalue weighted by atomic mass is 32.2. The van der Waals surface area contributed by atoms with Gasteiger partial charge in [0, 0.05) is 18.8 Å². The number of fused-ring (bicyclic) bond motifs is 3. The van der Waals surface area contributed by atoms with E-state index in [0.29, 0.717) is 25.3 Å². The largest absolute Gasteiger partial charge is 0.468 e. The van der Waals surface area contributed by atoms with Gasteiger partial charge < -0.3 is 9.47 Å². The summed E-state index contributed by atoms with van der Waals surface area (Å²) in [4.78, 5) is 14.1. The number of hydrogen-bond acceptors (Lipinski definition) is 5. The molecular weight excluding hydrogens is 490 g/mol. The number of hydrogen-bond donors (Lipinski definition) is 0. The summed E-state index contributed by atoms with van der Waals surface area (Å²) >= 11 is 0. The minimum atomic E-state index is -3.92. The maximum absolute atomic E-state index is 14.1. The zero-order chi connectivity index (χ0) is 25.9. The smallest absolute Gasteiger partial charge is 0.318 e. The molecule has 192 valence electrons. The van der Waals surface area contributed by atoms with Gasteiger partial charge in [-0.05, 0) is 55.4 Å². The molecule has 2 heterocycles. The molecule has 3 aliphatic rings. The quantitative estimate of drug-likeness (QED) is 0.406. The van der Waals surface area contributed by atoms with Crippen LogP contribution in [0.5, 0.6) is 0 Å². The van der Waals surface area contributed by atoms with E-state index in [4.69, 9.17) is 9.47 Å². The third-order valence-corrected chi connectivity index (χ3v) is 12.2. The number of anilines is 1. The normalized spacial score (nSPS) is 23.4. The van der Waals surface area contributed by atoms with Crippen LogP contribution in [0, 0.1) is 17.8 Å². The van der Waals surface area contributed by atoms with E-state index in [2.05, 4.69) is 19.6 Å². The SMILES string of the molecule is COC(=O)C12CN(S(=O)(=O)c3ccc(C)cc3)c3ccccc3C1=C([Si](C)(C)C)C1(CCOCC1)C2.